The molecule has 1 atom stereocenters. The van der Waals surface area contributed by atoms with Crippen LogP contribution >= 0.6 is 0 Å². The fourth-order valence-corrected chi connectivity index (χ4v) is 4.48. The summed E-state index contributed by atoms with van der Waals surface area (Å²) >= 11 is 0. The minimum absolute atomic E-state index is 0.207. The third-order valence-corrected chi connectivity index (χ3v) is 6.02. The molecule has 1 unspecified atom stereocenters. The van der Waals surface area contributed by atoms with Crippen LogP contribution in [-0.4, -0.2) is 59.4 Å². The van der Waals surface area contributed by atoms with Gasteiger partial charge >= 0.3 is 0 Å². The molecule has 1 saturated heterocycles. The summed E-state index contributed by atoms with van der Waals surface area (Å²) in [5.74, 6) is 2.37. The lowest BCUT2D eigenvalue weighted by atomic mass is 10.1. The van der Waals surface area contributed by atoms with Crippen LogP contribution in [0.3, 0.4) is 0 Å². The smallest absolute Gasteiger partial charge is 0.162 e. The number of H-pyrrole nitrogens is 1. The van der Waals surface area contributed by atoms with Crippen LogP contribution in [0.2, 0.25) is 0 Å². The number of nitrogens with one attached hydrogen (secondary N) is 1. The number of methoxy groups -OCH3 is 1. The molecule has 4 aromatic rings. The quantitative estimate of drug-likeness (QED) is 0.550. The van der Waals surface area contributed by atoms with Gasteiger partial charge < -0.3 is 24.3 Å². The number of hydrogen-bond donors (Lipinski definition) is 1. The summed E-state index contributed by atoms with van der Waals surface area (Å²) in [5, 5.41) is 1.12. The van der Waals surface area contributed by atoms with Crippen molar-refractivity contribution in [1.82, 2.24) is 19.9 Å². The Bertz CT molecular complexity index is 1260. The number of aromatic nitrogens is 4. The average molecular weight is 414 g/mol. The van der Waals surface area contributed by atoms with Crippen molar-refractivity contribution in [2.45, 2.75) is 6.04 Å². The molecule has 3 aromatic heterocycles. The molecule has 0 amide bonds. The van der Waals surface area contributed by atoms with Crippen molar-refractivity contribution < 1.29 is 9.47 Å². The fraction of sp³-hybridized carbons (Fsp3) is 0.261. The molecule has 1 N–H and O–H groups in total. The minimum atomic E-state index is 0.207. The largest absolute Gasteiger partial charge is 0.495 e. The van der Waals surface area contributed by atoms with E-state index in [0.29, 0.717) is 13.2 Å². The molecule has 156 valence electrons. The van der Waals surface area contributed by atoms with Crippen molar-refractivity contribution in [2.24, 2.45) is 0 Å². The van der Waals surface area contributed by atoms with E-state index in [2.05, 4.69) is 38.0 Å². The van der Waals surface area contributed by atoms with Gasteiger partial charge in [0.1, 0.15) is 11.4 Å². The van der Waals surface area contributed by atoms with E-state index >= 15 is 0 Å². The van der Waals surface area contributed by atoms with E-state index in [1.165, 1.54) is 0 Å². The minimum Gasteiger partial charge on any atom is -0.495 e. The van der Waals surface area contributed by atoms with Crippen molar-refractivity contribution >= 4 is 28.1 Å². The third-order valence-electron chi connectivity index (χ3n) is 6.02. The van der Waals surface area contributed by atoms with E-state index in [-0.39, 0.29) is 6.04 Å². The molecule has 1 aromatic carbocycles. The fourth-order valence-electron chi connectivity index (χ4n) is 4.48. The normalized spacial score (nSPS) is 18.0. The van der Waals surface area contributed by atoms with Gasteiger partial charge in [0.25, 0.3) is 0 Å². The van der Waals surface area contributed by atoms with Gasteiger partial charge in [0.2, 0.25) is 0 Å². The molecule has 2 aliphatic heterocycles. The van der Waals surface area contributed by atoms with Gasteiger partial charge in [-0.25, -0.2) is 9.97 Å². The van der Waals surface area contributed by atoms with E-state index in [1.807, 2.05) is 30.7 Å². The highest BCUT2D eigenvalue weighted by molar-refractivity contribution is 5.94. The van der Waals surface area contributed by atoms with Crippen LogP contribution < -0.4 is 14.5 Å². The van der Waals surface area contributed by atoms with Crippen molar-refractivity contribution in [3.63, 3.8) is 0 Å². The molecule has 0 aliphatic carbocycles. The zero-order valence-electron chi connectivity index (χ0n) is 17.2. The second kappa shape index (κ2) is 7.24. The highest BCUT2D eigenvalue weighted by atomic mass is 16.5. The lowest BCUT2D eigenvalue weighted by Crippen LogP contribution is -2.54. The van der Waals surface area contributed by atoms with E-state index in [4.69, 9.17) is 19.4 Å². The summed E-state index contributed by atoms with van der Waals surface area (Å²) in [5.41, 5.74) is 4.02. The van der Waals surface area contributed by atoms with Gasteiger partial charge in [-0.1, -0.05) is 12.1 Å². The highest BCUT2D eigenvalue weighted by Gasteiger charge is 2.35. The van der Waals surface area contributed by atoms with Gasteiger partial charge in [-0.15, -0.1) is 0 Å². The SMILES string of the molecule is COc1cncc(N2CC3COCCN3c3nc(-c4cccc5[nH]ccc45)ncc32)c1. The van der Waals surface area contributed by atoms with Crippen LogP contribution in [0, 0.1) is 0 Å². The van der Waals surface area contributed by atoms with Gasteiger partial charge in [-0.2, -0.15) is 0 Å². The number of fused-ring (bicyclic) bond motifs is 4. The van der Waals surface area contributed by atoms with Crippen molar-refractivity contribution in [1.29, 1.82) is 0 Å². The molecule has 0 radical (unpaired) electrons. The van der Waals surface area contributed by atoms with E-state index in [1.54, 1.807) is 13.3 Å². The Kier molecular flexibility index (Phi) is 4.24. The van der Waals surface area contributed by atoms with E-state index < -0.39 is 0 Å². The Labute approximate surface area is 179 Å². The van der Waals surface area contributed by atoms with Crippen LogP contribution in [0.4, 0.5) is 17.2 Å². The number of ether oxygens (including phenoxy) is 2. The first-order chi connectivity index (χ1) is 15.3. The van der Waals surface area contributed by atoms with Gasteiger partial charge in [0, 0.05) is 41.8 Å². The highest BCUT2D eigenvalue weighted by Crippen LogP contribution is 2.40. The number of rotatable bonds is 3. The molecular weight excluding hydrogens is 392 g/mol. The number of benzene rings is 1. The predicted octanol–water partition coefficient (Wildman–Crippen LogP) is 3.39. The summed E-state index contributed by atoms with van der Waals surface area (Å²) in [6, 6.07) is 10.4. The molecule has 0 bridgehead atoms. The first kappa shape index (κ1) is 18.1. The van der Waals surface area contributed by atoms with Crippen LogP contribution in [-0.2, 0) is 4.74 Å². The molecule has 2 aliphatic rings. The predicted molar refractivity (Wildman–Crippen MR) is 119 cm³/mol. The summed E-state index contributed by atoms with van der Waals surface area (Å²) < 4.78 is 11.2. The molecule has 0 saturated carbocycles. The average Bonchev–Trinajstić information content (AvgIpc) is 3.32. The summed E-state index contributed by atoms with van der Waals surface area (Å²) in [7, 11) is 1.65. The molecule has 1 fully saturated rings. The Hall–Kier alpha value is -3.65. The van der Waals surface area contributed by atoms with Gasteiger partial charge in [-0.3, -0.25) is 4.98 Å². The Morgan fingerprint density at radius 1 is 1.19 bits per heavy atom. The molecule has 8 nitrogen and oxygen atoms in total. The van der Waals surface area contributed by atoms with E-state index in [0.717, 1.165) is 58.3 Å². The third kappa shape index (κ3) is 2.98. The lowest BCUT2D eigenvalue weighted by Gasteiger charge is -2.45. The molecule has 0 spiro atoms. The molecule has 8 heteroatoms. The van der Waals surface area contributed by atoms with Crippen LogP contribution in [0.15, 0.2) is 55.1 Å². The number of morpholine rings is 1. The monoisotopic (exact) mass is 414 g/mol. The zero-order valence-corrected chi connectivity index (χ0v) is 17.2. The van der Waals surface area contributed by atoms with Crippen LogP contribution in [0.25, 0.3) is 22.3 Å². The Morgan fingerprint density at radius 3 is 3.10 bits per heavy atom. The molecule has 31 heavy (non-hydrogen) atoms. The van der Waals surface area contributed by atoms with Crippen molar-refractivity contribution in [3.8, 4) is 17.1 Å². The number of anilines is 3. The number of nitrogens with zero attached hydrogens (tertiary/aromatic N) is 5. The summed E-state index contributed by atoms with van der Waals surface area (Å²) in [6.07, 6.45) is 7.43. The maximum atomic E-state index is 5.79. The second-order valence-electron chi connectivity index (χ2n) is 7.76. The van der Waals surface area contributed by atoms with Gasteiger partial charge in [0.05, 0.1) is 50.6 Å². The van der Waals surface area contributed by atoms with Gasteiger partial charge in [0.15, 0.2) is 11.6 Å². The second-order valence-corrected chi connectivity index (χ2v) is 7.76. The van der Waals surface area contributed by atoms with E-state index in [9.17, 15) is 0 Å². The Morgan fingerprint density at radius 2 is 2.16 bits per heavy atom. The summed E-state index contributed by atoms with van der Waals surface area (Å²) in [6.45, 7) is 2.95. The van der Waals surface area contributed by atoms with Crippen LogP contribution in [0.5, 0.6) is 5.75 Å². The first-order valence-corrected chi connectivity index (χ1v) is 10.4. The number of aromatic amines is 1. The van der Waals surface area contributed by atoms with Crippen LogP contribution in [0.1, 0.15) is 0 Å². The first-order valence-electron chi connectivity index (χ1n) is 10.4. The Balaban J connectivity index is 1.50. The zero-order chi connectivity index (χ0) is 20.8. The molecule has 6 rings (SSSR count). The topological polar surface area (TPSA) is 79.4 Å². The maximum absolute atomic E-state index is 5.79. The number of pyridine rings is 1. The molecular formula is C23H22N6O2. The maximum Gasteiger partial charge on any atom is 0.162 e. The van der Waals surface area contributed by atoms with Crippen molar-refractivity contribution in [2.75, 3.05) is 43.2 Å². The summed E-state index contributed by atoms with van der Waals surface area (Å²) in [4.78, 5) is 22.0. The van der Waals surface area contributed by atoms with Crippen molar-refractivity contribution in [3.05, 3.63) is 55.1 Å². The number of hydrogen-bond acceptors (Lipinski definition) is 7. The van der Waals surface area contributed by atoms with Gasteiger partial charge in [-0.05, 0) is 12.1 Å². The standard InChI is InChI=1S/C23H22N6O2/c1-30-17-9-15(10-24-11-17)29-13-16-14-31-8-7-28(16)23-21(29)12-26-22(27-23)19-3-2-4-20-18(19)5-6-25-20/h2-6,9-12,16,25H,7-8,13-14H2,1H3. The molecule has 5 heterocycles. The lowest BCUT2D eigenvalue weighted by molar-refractivity contribution is 0.0945.